The molecule has 0 aliphatic carbocycles. The molecule has 0 fully saturated rings. The lowest BCUT2D eigenvalue weighted by Crippen LogP contribution is -2.05. The van der Waals surface area contributed by atoms with Crippen molar-refractivity contribution in [2.75, 3.05) is 10.6 Å². The Morgan fingerprint density at radius 3 is 2.25 bits per heavy atom. The Hall–Kier alpha value is -3.64. The van der Waals surface area contributed by atoms with Crippen LogP contribution in [0.4, 0.5) is 23.3 Å². The molecule has 0 spiro atoms. The molecule has 3 N–H and O–H groups in total. The van der Waals surface area contributed by atoms with Gasteiger partial charge < -0.3 is 10.6 Å². The first kappa shape index (κ1) is 24.1. The molecule has 0 saturated carbocycles. The van der Waals surface area contributed by atoms with Gasteiger partial charge in [-0.15, -0.1) is 11.3 Å². The fourth-order valence-electron chi connectivity index (χ4n) is 3.65. The SMILES string of the molecule is Cc1cc(C)c2sc(-c3ccc(Nc4nc(Cl)nc(Nc5cccc(S(=O)(=O)O)c5)n4)cc3)nc2c1. The van der Waals surface area contributed by atoms with Gasteiger partial charge in [0.2, 0.25) is 17.2 Å². The van der Waals surface area contributed by atoms with Gasteiger partial charge in [0, 0.05) is 16.9 Å². The van der Waals surface area contributed by atoms with Crippen LogP contribution in [0.1, 0.15) is 11.1 Å². The minimum absolute atomic E-state index is 0.0577. The van der Waals surface area contributed by atoms with Crippen molar-refractivity contribution in [1.82, 2.24) is 19.9 Å². The third-order valence-corrected chi connectivity index (χ3v) is 7.48. The molecular formula is C24H19ClN6O3S2. The molecular weight excluding hydrogens is 520 g/mol. The van der Waals surface area contributed by atoms with Gasteiger partial charge in [0.15, 0.2) is 0 Å². The van der Waals surface area contributed by atoms with Gasteiger partial charge in [-0.3, -0.25) is 4.55 Å². The fourth-order valence-corrected chi connectivity index (χ4v) is 5.36. The summed E-state index contributed by atoms with van der Waals surface area (Å²) in [4.78, 5) is 16.9. The zero-order valence-electron chi connectivity index (χ0n) is 19.0. The van der Waals surface area contributed by atoms with E-state index in [-0.39, 0.29) is 22.1 Å². The number of aryl methyl sites for hydroxylation is 2. The summed E-state index contributed by atoms with van der Waals surface area (Å²) in [6, 6.07) is 17.6. The molecule has 9 nitrogen and oxygen atoms in total. The highest BCUT2D eigenvalue weighted by molar-refractivity contribution is 7.85. The zero-order chi connectivity index (χ0) is 25.4. The van der Waals surface area contributed by atoms with E-state index in [1.807, 2.05) is 24.3 Å². The van der Waals surface area contributed by atoms with E-state index >= 15 is 0 Å². The average molecular weight is 539 g/mol. The van der Waals surface area contributed by atoms with Crippen molar-refractivity contribution in [2.45, 2.75) is 18.7 Å². The first-order chi connectivity index (χ1) is 17.1. The van der Waals surface area contributed by atoms with Crippen LogP contribution in [-0.2, 0) is 10.1 Å². The van der Waals surface area contributed by atoms with Gasteiger partial charge in [-0.1, -0.05) is 12.1 Å². The maximum absolute atomic E-state index is 11.4. The Morgan fingerprint density at radius 2 is 1.56 bits per heavy atom. The average Bonchev–Trinajstić information content (AvgIpc) is 3.23. The van der Waals surface area contributed by atoms with Crippen molar-refractivity contribution < 1.29 is 13.0 Å². The summed E-state index contributed by atoms with van der Waals surface area (Å²) in [7, 11) is -4.35. The Morgan fingerprint density at radius 1 is 0.861 bits per heavy atom. The molecule has 0 radical (unpaired) electrons. The first-order valence-electron chi connectivity index (χ1n) is 10.7. The molecule has 5 aromatic rings. The molecule has 0 bridgehead atoms. The van der Waals surface area contributed by atoms with Crippen LogP contribution in [-0.4, -0.2) is 32.9 Å². The Bertz CT molecular complexity index is 1710. The lowest BCUT2D eigenvalue weighted by atomic mass is 10.1. The van der Waals surface area contributed by atoms with Crippen LogP contribution >= 0.6 is 22.9 Å². The molecule has 0 aliphatic heterocycles. The Kier molecular flexibility index (Phi) is 6.31. The molecule has 2 aromatic heterocycles. The number of hydrogen-bond donors (Lipinski definition) is 3. The van der Waals surface area contributed by atoms with Gasteiger partial charge in [0.25, 0.3) is 10.1 Å². The maximum atomic E-state index is 11.4. The number of nitrogens with one attached hydrogen (secondary N) is 2. The van der Waals surface area contributed by atoms with Crippen LogP contribution in [0, 0.1) is 13.8 Å². The number of halogens is 1. The summed E-state index contributed by atoms with van der Waals surface area (Å²) in [6.45, 7) is 4.16. The second-order valence-corrected chi connectivity index (χ2v) is 10.8. The minimum Gasteiger partial charge on any atom is -0.324 e. The van der Waals surface area contributed by atoms with Crippen LogP contribution in [0.3, 0.4) is 0 Å². The molecule has 5 rings (SSSR count). The van der Waals surface area contributed by atoms with E-state index in [4.69, 9.17) is 16.6 Å². The van der Waals surface area contributed by atoms with Gasteiger partial charge in [0.1, 0.15) is 5.01 Å². The van der Waals surface area contributed by atoms with E-state index in [0.717, 1.165) is 21.8 Å². The first-order valence-corrected chi connectivity index (χ1v) is 13.3. The van der Waals surface area contributed by atoms with Crippen molar-refractivity contribution in [1.29, 1.82) is 0 Å². The molecule has 0 aliphatic rings. The van der Waals surface area contributed by atoms with Gasteiger partial charge in [-0.2, -0.15) is 23.4 Å². The van der Waals surface area contributed by atoms with Crippen LogP contribution in [0.25, 0.3) is 20.8 Å². The summed E-state index contributed by atoms with van der Waals surface area (Å²) >= 11 is 7.73. The highest BCUT2D eigenvalue weighted by Gasteiger charge is 2.12. The van der Waals surface area contributed by atoms with Crippen molar-refractivity contribution >= 4 is 66.5 Å². The van der Waals surface area contributed by atoms with Crippen LogP contribution in [0.15, 0.2) is 65.6 Å². The quantitative estimate of drug-likeness (QED) is 0.218. The number of benzene rings is 3. The van der Waals surface area contributed by atoms with Crippen molar-refractivity contribution in [3.05, 3.63) is 77.1 Å². The Balaban J connectivity index is 1.35. The number of fused-ring (bicyclic) bond motifs is 1. The van der Waals surface area contributed by atoms with Crippen LogP contribution in [0.5, 0.6) is 0 Å². The van der Waals surface area contributed by atoms with Gasteiger partial charge in [0.05, 0.1) is 15.1 Å². The number of rotatable bonds is 6. The van der Waals surface area contributed by atoms with E-state index in [9.17, 15) is 13.0 Å². The standard InChI is InChI=1S/C24H19ClN6O3S2/c1-13-10-14(2)20-19(11-13)28-21(35-20)15-6-8-16(9-7-15)26-23-29-22(25)30-24(31-23)27-17-4-3-5-18(12-17)36(32,33)34/h3-12H,1-2H3,(H,32,33,34)(H2,26,27,29,30,31). The van der Waals surface area contributed by atoms with E-state index in [1.54, 1.807) is 17.4 Å². The lowest BCUT2D eigenvalue weighted by molar-refractivity contribution is 0.483. The summed E-state index contributed by atoms with van der Waals surface area (Å²) in [5.74, 6) is 0.295. The highest BCUT2D eigenvalue weighted by atomic mass is 35.5. The second-order valence-electron chi connectivity index (χ2n) is 8.03. The van der Waals surface area contributed by atoms with Gasteiger partial charge in [-0.25, -0.2) is 4.98 Å². The molecule has 0 unspecified atom stereocenters. The van der Waals surface area contributed by atoms with E-state index in [1.165, 1.54) is 34.0 Å². The summed E-state index contributed by atoms with van der Waals surface area (Å²) in [5.41, 5.74) is 5.47. The third-order valence-electron chi connectivity index (χ3n) is 5.20. The predicted molar refractivity (Wildman–Crippen MR) is 142 cm³/mol. The summed E-state index contributed by atoms with van der Waals surface area (Å²) in [6.07, 6.45) is 0. The third kappa shape index (κ3) is 5.29. The van der Waals surface area contributed by atoms with Crippen molar-refractivity contribution in [3.8, 4) is 10.6 Å². The molecule has 36 heavy (non-hydrogen) atoms. The molecule has 3 aromatic carbocycles. The summed E-state index contributed by atoms with van der Waals surface area (Å²) < 4.78 is 33.2. The molecule has 0 saturated heterocycles. The van der Waals surface area contributed by atoms with E-state index < -0.39 is 10.1 Å². The van der Waals surface area contributed by atoms with Crippen molar-refractivity contribution in [3.63, 3.8) is 0 Å². The number of hydrogen-bond acceptors (Lipinski definition) is 9. The topological polar surface area (TPSA) is 130 Å². The van der Waals surface area contributed by atoms with E-state index in [0.29, 0.717) is 5.69 Å². The minimum atomic E-state index is -4.35. The summed E-state index contributed by atoms with van der Waals surface area (Å²) in [5, 5.41) is 6.83. The van der Waals surface area contributed by atoms with Gasteiger partial charge >= 0.3 is 0 Å². The lowest BCUT2D eigenvalue weighted by Gasteiger charge is -2.09. The normalized spacial score (nSPS) is 11.6. The number of aromatic nitrogens is 4. The maximum Gasteiger partial charge on any atom is 0.294 e. The number of anilines is 4. The van der Waals surface area contributed by atoms with Gasteiger partial charge in [-0.05, 0) is 85.1 Å². The smallest absolute Gasteiger partial charge is 0.294 e. The number of thiazole rings is 1. The van der Waals surface area contributed by atoms with E-state index in [2.05, 4.69) is 51.6 Å². The molecule has 0 amide bonds. The highest BCUT2D eigenvalue weighted by Crippen LogP contribution is 2.33. The molecule has 2 heterocycles. The molecule has 12 heteroatoms. The number of nitrogens with zero attached hydrogens (tertiary/aromatic N) is 4. The zero-order valence-corrected chi connectivity index (χ0v) is 21.4. The van der Waals surface area contributed by atoms with Crippen LogP contribution < -0.4 is 10.6 Å². The van der Waals surface area contributed by atoms with Crippen LogP contribution in [0.2, 0.25) is 5.28 Å². The predicted octanol–water partition coefficient (Wildman–Crippen LogP) is 6.15. The van der Waals surface area contributed by atoms with Crippen molar-refractivity contribution in [2.24, 2.45) is 0 Å². The Labute approximate surface area is 216 Å². The monoisotopic (exact) mass is 538 g/mol. The largest absolute Gasteiger partial charge is 0.324 e. The second kappa shape index (κ2) is 9.43. The fraction of sp³-hybridized carbons (Fsp3) is 0.0833. The molecule has 0 atom stereocenters. The molecule has 182 valence electrons.